The Bertz CT molecular complexity index is 852. The highest BCUT2D eigenvalue weighted by molar-refractivity contribution is 6.66. The van der Waals surface area contributed by atoms with Crippen LogP contribution in [0, 0.1) is 0 Å². The van der Waals surface area contributed by atoms with Crippen LogP contribution in [-0.2, 0) is 14.0 Å². The second-order valence-electron chi connectivity index (χ2n) is 9.81. The van der Waals surface area contributed by atoms with Crippen LogP contribution in [-0.4, -0.2) is 42.1 Å². The van der Waals surface area contributed by atoms with E-state index in [9.17, 15) is 5.11 Å². The molecule has 0 atom stereocenters. The summed E-state index contributed by atoms with van der Waals surface area (Å²) in [5.74, 6) is 0. The van der Waals surface area contributed by atoms with Gasteiger partial charge in [0.25, 0.3) is 0 Å². The average Bonchev–Trinajstić information content (AvgIpc) is 2.79. The molecule has 0 aromatic heterocycles. The lowest BCUT2D eigenvalue weighted by Crippen LogP contribution is -2.49. The van der Waals surface area contributed by atoms with Crippen LogP contribution in [0.25, 0.3) is 10.8 Å². The Kier molecular flexibility index (Phi) is 5.25. The fourth-order valence-corrected chi connectivity index (χ4v) is 3.12. The quantitative estimate of drug-likeness (QED) is 0.809. The Morgan fingerprint density at radius 1 is 0.893 bits per heavy atom. The molecule has 2 aromatic rings. The van der Waals surface area contributed by atoms with E-state index in [4.69, 9.17) is 14.0 Å². The molecule has 1 fully saturated rings. The Hall–Kier alpha value is -1.33. The second-order valence-corrected chi connectivity index (χ2v) is 9.81. The first kappa shape index (κ1) is 21.4. The zero-order valence-electron chi connectivity index (χ0n) is 18.4. The summed E-state index contributed by atoms with van der Waals surface area (Å²) >= 11 is 0. The molecule has 6 heteroatoms. The topological polar surface area (TPSA) is 47.9 Å². The van der Waals surface area contributed by atoms with E-state index in [1.54, 1.807) is 13.8 Å². The first-order valence-electron chi connectivity index (χ1n) is 9.98. The van der Waals surface area contributed by atoms with Gasteiger partial charge in [0, 0.05) is 0 Å². The van der Waals surface area contributed by atoms with Gasteiger partial charge in [0.05, 0.1) is 22.4 Å². The average molecular weight is 382 g/mol. The molecule has 150 valence electrons. The van der Waals surface area contributed by atoms with Crippen molar-refractivity contribution in [1.29, 1.82) is 0 Å². The molecule has 0 aliphatic carbocycles. The molecule has 0 saturated carbocycles. The minimum atomic E-state index is -0.939. The molecule has 1 aliphatic rings. The highest BCUT2D eigenvalue weighted by Gasteiger charge is 2.52. The maximum absolute atomic E-state index is 10.4. The lowest BCUT2D eigenvalue weighted by Gasteiger charge is -2.37. The normalized spacial score (nSPS) is 19.2. The number of aliphatic hydroxyl groups is 1. The van der Waals surface area contributed by atoms with Crippen LogP contribution in [0.1, 0.15) is 55.4 Å². The summed E-state index contributed by atoms with van der Waals surface area (Å²) in [5, 5.41) is 12.6. The van der Waals surface area contributed by atoms with E-state index in [0.29, 0.717) is 7.48 Å². The van der Waals surface area contributed by atoms with Gasteiger partial charge in [0.2, 0.25) is 0 Å². The van der Waals surface area contributed by atoms with Crippen molar-refractivity contribution in [3.8, 4) is 0 Å². The van der Waals surface area contributed by atoms with Gasteiger partial charge in [0.15, 0.2) is 0 Å². The number of fused-ring (bicyclic) bond motifs is 1. The SMILES string of the molecule is CC(C)(O)C(C)(C)OBc1ccc(B2OC(C)(C)C(C)(C)O2)c2ccccc12. The van der Waals surface area contributed by atoms with E-state index in [1.807, 2.05) is 26.0 Å². The van der Waals surface area contributed by atoms with E-state index in [-0.39, 0.29) is 11.2 Å². The summed E-state index contributed by atoms with van der Waals surface area (Å²) < 4.78 is 18.6. The molecule has 3 rings (SSSR count). The molecule has 1 N–H and O–H groups in total. The predicted octanol–water partition coefficient (Wildman–Crippen LogP) is 2.68. The largest absolute Gasteiger partial charge is 0.495 e. The molecule has 1 aliphatic heterocycles. The van der Waals surface area contributed by atoms with Crippen LogP contribution < -0.4 is 10.9 Å². The van der Waals surface area contributed by atoms with Crippen molar-refractivity contribution >= 4 is 36.3 Å². The van der Waals surface area contributed by atoms with Gasteiger partial charge in [-0.05, 0) is 77.1 Å². The molecule has 28 heavy (non-hydrogen) atoms. The molecule has 0 radical (unpaired) electrons. The highest BCUT2D eigenvalue weighted by atomic mass is 16.7. The predicted molar refractivity (Wildman–Crippen MR) is 118 cm³/mol. The third-order valence-corrected chi connectivity index (χ3v) is 6.62. The summed E-state index contributed by atoms with van der Waals surface area (Å²) in [6, 6.07) is 12.4. The molecule has 4 nitrogen and oxygen atoms in total. The summed E-state index contributed by atoms with van der Waals surface area (Å²) in [4.78, 5) is 0. The third kappa shape index (κ3) is 3.76. The second kappa shape index (κ2) is 6.87. The summed E-state index contributed by atoms with van der Waals surface area (Å²) in [6.07, 6.45) is 0. The van der Waals surface area contributed by atoms with Crippen LogP contribution >= 0.6 is 0 Å². The van der Waals surface area contributed by atoms with E-state index in [1.165, 1.54) is 0 Å². The van der Waals surface area contributed by atoms with Crippen molar-refractivity contribution < 1.29 is 19.1 Å². The number of benzene rings is 2. The van der Waals surface area contributed by atoms with Crippen molar-refractivity contribution in [2.45, 2.75) is 77.8 Å². The van der Waals surface area contributed by atoms with Crippen molar-refractivity contribution in [2.75, 3.05) is 0 Å². The van der Waals surface area contributed by atoms with Gasteiger partial charge in [-0.15, -0.1) is 0 Å². The summed E-state index contributed by atoms with van der Waals surface area (Å²) in [7, 11) is 0.0129. The van der Waals surface area contributed by atoms with Gasteiger partial charge >= 0.3 is 14.6 Å². The maximum Gasteiger partial charge on any atom is 0.495 e. The van der Waals surface area contributed by atoms with Crippen LogP contribution in [0.2, 0.25) is 0 Å². The molecule has 0 unspecified atom stereocenters. The number of hydrogen-bond donors (Lipinski definition) is 1. The van der Waals surface area contributed by atoms with Crippen molar-refractivity contribution in [3.05, 3.63) is 36.4 Å². The van der Waals surface area contributed by atoms with E-state index >= 15 is 0 Å². The summed E-state index contributed by atoms with van der Waals surface area (Å²) in [5.41, 5.74) is -0.258. The Labute approximate surface area is 170 Å². The highest BCUT2D eigenvalue weighted by Crippen LogP contribution is 2.37. The van der Waals surface area contributed by atoms with Crippen molar-refractivity contribution in [3.63, 3.8) is 0 Å². The maximum atomic E-state index is 10.4. The Balaban J connectivity index is 1.95. The number of hydrogen-bond acceptors (Lipinski definition) is 4. The molecule has 2 aromatic carbocycles. The van der Waals surface area contributed by atoms with Gasteiger partial charge < -0.3 is 19.1 Å². The van der Waals surface area contributed by atoms with Crippen molar-refractivity contribution in [2.24, 2.45) is 0 Å². The zero-order valence-corrected chi connectivity index (χ0v) is 18.4. The number of rotatable bonds is 5. The van der Waals surface area contributed by atoms with Gasteiger partial charge in [-0.1, -0.05) is 36.4 Å². The van der Waals surface area contributed by atoms with Crippen LogP contribution in [0.4, 0.5) is 0 Å². The fourth-order valence-electron chi connectivity index (χ4n) is 3.12. The first-order chi connectivity index (χ1) is 12.8. The summed E-state index contributed by atoms with van der Waals surface area (Å²) in [6.45, 7) is 15.6. The van der Waals surface area contributed by atoms with E-state index in [0.717, 1.165) is 21.7 Å². The van der Waals surface area contributed by atoms with Crippen LogP contribution in [0.3, 0.4) is 0 Å². The van der Waals surface area contributed by atoms with E-state index in [2.05, 4.69) is 52.0 Å². The Morgan fingerprint density at radius 3 is 1.96 bits per heavy atom. The standard InChI is InChI=1S/C22H32B2O4/c1-19(2,25)20(3,4)26-23-17-13-14-18(16-12-10-9-11-15(16)17)24-27-21(5,6)22(7,8)28-24/h9-14,23,25H,1-8H3. The van der Waals surface area contributed by atoms with Gasteiger partial charge in [-0.25, -0.2) is 0 Å². The van der Waals surface area contributed by atoms with Gasteiger partial charge in [0.1, 0.15) is 0 Å². The molecular weight excluding hydrogens is 350 g/mol. The smallest absolute Gasteiger partial charge is 0.427 e. The van der Waals surface area contributed by atoms with Gasteiger partial charge in [-0.2, -0.15) is 0 Å². The van der Waals surface area contributed by atoms with Crippen molar-refractivity contribution in [1.82, 2.24) is 0 Å². The first-order valence-corrected chi connectivity index (χ1v) is 9.98. The molecular formula is C22H32B2O4. The molecule has 1 saturated heterocycles. The molecule has 1 heterocycles. The fraction of sp³-hybridized carbons (Fsp3) is 0.545. The van der Waals surface area contributed by atoms with Crippen LogP contribution in [0.15, 0.2) is 36.4 Å². The minimum Gasteiger partial charge on any atom is -0.427 e. The lowest BCUT2D eigenvalue weighted by atomic mass is 9.72. The van der Waals surface area contributed by atoms with Gasteiger partial charge in [-0.3, -0.25) is 0 Å². The molecule has 0 bridgehead atoms. The zero-order chi connectivity index (χ0) is 21.0. The monoisotopic (exact) mass is 382 g/mol. The molecule has 0 amide bonds. The minimum absolute atomic E-state index is 0.378. The third-order valence-electron chi connectivity index (χ3n) is 6.62. The Morgan fingerprint density at radius 2 is 1.43 bits per heavy atom. The van der Waals surface area contributed by atoms with E-state index < -0.39 is 18.3 Å². The molecule has 0 spiro atoms. The lowest BCUT2D eigenvalue weighted by molar-refractivity contribution is -0.0893. The van der Waals surface area contributed by atoms with Crippen LogP contribution in [0.5, 0.6) is 0 Å².